The normalized spacial score (nSPS) is 12.6. The van der Waals surface area contributed by atoms with Crippen LogP contribution in [0.5, 0.6) is 0 Å². The number of nitrogens with zero attached hydrogens (tertiary/aromatic N) is 1. The molecular weight excluding hydrogens is 228 g/mol. The quantitative estimate of drug-likeness (QED) is 0.743. The van der Waals surface area contributed by atoms with Crippen molar-refractivity contribution in [2.75, 3.05) is 26.4 Å². The van der Waals surface area contributed by atoms with E-state index in [0.717, 1.165) is 12.7 Å². The van der Waals surface area contributed by atoms with Crippen molar-refractivity contribution in [3.63, 3.8) is 0 Å². The van der Waals surface area contributed by atoms with E-state index in [0.29, 0.717) is 6.54 Å². The van der Waals surface area contributed by atoms with E-state index < -0.39 is 10.0 Å². The van der Waals surface area contributed by atoms with Crippen molar-refractivity contribution in [2.24, 2.45) is 5.41 Å². The van der Waals surface area contributed by atoms with Crippen LogP contribution in [-0.2, 0) is 14.8 Å². The zero-order valence-electron chi connectivity index (χ0n) is 10.7. The van der Waals surface area contributed by atoms with E-state index in [9.17, 15) is 13.2 Å². The zero-order chi connectivity index (χ0) is 13.0. The maximum atomic E-state index is 11.9. The third-order valence-electron chi connectivity index (χ3n) is 2.62. The SMILES string of the molecule is CCC(C)(C)C(=O)N(C)CCNS(C)(=O)=O. The number of hydrogen-bond acceptors (Lipinski definition) is 3. The lowest BCUT2D eigenvalue weighted by Crippen LogP contribution is -2.42. The lowest BCUT2D eigenvalue weighted by molar-refractivity contribution is -0.139. The standard InChI is InChI=1S/C10H22N2O3S/c1-6-10(2,3)9(13)12(4)8-7-11-16(5,14)15/h11H,6-8H2,1-5H3. The Kier molecular flexibility index (Phi) is 5.41. The summed E-state index contributed by atoms with van der Waals surface area (Å²) in [6, 6.07) is 0. The van der Waals surface area contributed by atoms with Gasteiger partial charge < -0.3 is 4.90 Å². The Bertz CT molecular complexity index is 336. The van der Waals surface area contributed by atoms with Crippen LogP contribution in [-0.4, -0.2) is 45.6 Å². The van der Waals surface area contributed by atoms with Crippen LogP contribution in [0.3, 0.4) is 0 Å². The minimum absolute atomic E-state index is 0.0327. The van der Waals surface area contributed by atoms with Crippen LogP contribution in [0.2, 0.25) is 0 Å². The summed E-state index contributed by atoms with van der Waals surface area (Å²) < 4.78 is 24.0. The molecule has 0 rings (SSSR count). The molecule has 0 aromatic carbocycles. The van der Waals surface area contributed by atoms with Crippen molar-refractivity contribution >= 4 is 15.9 Å². The van der Waals surface area contributed by atoms with Gasteiger partial charge in [-0.1, -0.05) is 20.8 Å². The van der Waals surface area contributed by atoms with Gasteiger partial charge >= 0.3 is 0 Å². The predicted octanol–water partition coefficient (Wildman–Crippen LogP) is 0.430. The lowest BCUT2D eigenvalue weighted by atomic mass is 9.89. The van der Waals surface area contributed by atoms with Crippen LogP contribution >= 0.6 is 0 Å². The Morgan fingerprint density at radius 3 is 2.25 bits per heavy atom. The number of likely N-dealkylation sites (N-methyl/N-ethyl adjacent to an activating group) is 1. The monoisotopic (exact) mass is 250 g/mol. The van der Waals surface area contributed by atoms with Crippen LogP contribution in [0.1, 0.15) is 27.2 Å². The van der Waals surface area contributed by atoms with Crippen molar-refractivity contribution in [1.82, 2.24) is 9.62 Å². The van der Waals surface area contributed by atoms with E-state index in [1.807, 2.05) is 20.8 Å². The van der Waals surface area contributed by atoms with Gasteiger partial charge in [-0.05, 0) is 6.42 Å². The molecule has 0 aliphatic carbocycles. The molecule has 0 spiro atoms. The fourth-order valence-corrected chi connectivity index (χ4v) is 1.63. The van der Waals surface area contributed by atoms with Crippen molar-refractivity contribution < 1.29 is 13.2 Å². The highest BCUT2D eigenvalue weighted by molar-refractivity contribution is 7.88. The van der Waals surface area contributed by atoms with Gasteiger partial charge in [0.1, 0.15) is 0 Å². The number of carbonyl (C=O) groups is 1. The van der Waals surface area contributed by atoms with Crippen molar-refractivity contribution in [3.8, 4) is 0 Å². The first-order valence-electron chi connectivity index (χ1n) is 5.30. The number of rotatable bonds is 6. The molecule has 0 aliphatic heterocycles. The van der Waals surface area contributed by atoms with Gasteiger partial charge in [-0.15, -0.1) is 0 Å². The number of amides is 1. The lowest BCUT2D eigenvalue weighted by Gasteiger charge is -2.28. The first-order valence-corrected chi connectivity index (χ1v) is 7.19. The van der Waals surface area contributed by atoms with E-state index in [4.69, 9.17) is 0 Å². The predicted molar refractivity (Wildman–Crippen MR) is 64.6 cm³/mol. The summed E-state index contributed by atoms with van der Waals surface area (Å²) in [5.41, 5.74) is -0.389. The molecule has 1 N–H and O–H groups in total. The molecule has 96 valence electrons. The van der Waals surface area contributed by atoms with E-state index in [1.165, 1.54) is 0 Å². The third kappa shape index (κ3) is 5.46. The molecule has 0 fully saturated rings. The van der Waals surface area contributed by atoms with Crippen molar-refractivity contribution in [2.45, 2.75) is 27.2 Å². The van der Waals surface area contributed by atoms with Gasteiger partial charge in [-0.25, -0.2) is 13.1 Å². The smallest absolute Gasteiger partial charge is 0.228 e. The molecule has 0 aromatic rings. The fourth-order valence-electron chi connectivity index (χ4n) is 1.17. The minimum Gasteiger partial charge on any atom is -0.344 e. The molecule has 0 aliphatic rings. The maximum absolute atomic E-state index is 11.9. The van der Waals surface area contributed by atoms with Gasteiger partial charge in [0, 0.05) is 25.6 Å². The topological polar surface area (TPSA) is 66.5 Å². The summed E-state index contributed by atoms with van der Waals surface area (Å²) in [4.78, 5) is 13.5. The summed E-state index contributed by atoms with van der Waals surface area (Å²) in [5, 5.41) is 0. The molecule has 1 amide bonds. The molecule has 0 unspecified atom stereocenters. The van der Waals surface area contributed by atoms with Gasteiger partial charge in [-0.2, -0.15) is 0 Å². The van der Waals surface area contributed by atoms with E-state index in [1.54, 1.807) is 11.9 Å². The molecule has 16 heavy (non-hydrogen) atoms. The van der Waals surface area contributed by atoms with Crippen molar-refractivity contribution in [1.29, 1.82) is 0 Å². The Labute approximate surface area is 98.3 Å². The van der Waals surface area contributed by atoms with Crippen LogP contribution in [0, 0.1) is 5.41 Å². The number of sulfonamides is 1. The molecule has 6 heteroatoms. The molecule has 0 saturated carbocycles. The number of hydrogen-bond donors (Lipinski definition) is 1. The Hall–Kier alpha value is -0.620. The molecule has 0 radical (unpaired) electrons. The molecule has 0 heterocycles. The second-order valence-electron chi connectivity index (χ2n) is 4.63. The first-order chi connectivity index (χ1) is 7.10. The second kappa shape index (κ2) is 5.63. The molecule has 0 atom stereocenters. The fraction of sp³-hybridized carbons (Fsp3) is 0.900. The Morgan fingerprint density at radius 2 is 1.88 bits per heavy atom. The summed E-state index contributed by atoms with van der Waals surface area (Å²) in [7, 11) is -1.49. The molecule has 5 nitrogen and oxygen atoms in total. The minimum atomic E-state index is -3.17. The summed E-state index contributed by atoms with van der Waals surface area (Å²) in [6.45, 7) is 6.36. The van der Waals surface area contributed by atoms with E-state index in [-0.39, 0.29) is 17.9 Å². The highest BCUT2D eigenvalue weighted by Crippen LogP contribution is 2.21. The largest absolute Gasteiger partial charge is 0.344 e. The summed E-state index contributed by atoms with van der Waals surface area (Å²) in [5.74, 6) is 0.0327. The summed E-state index contributed by atoms with van der Waals surface area (Å²) in [6.07, 6.45) is 1.86. The molecule has 0 aromatic heterocycles. The number of nitrogens with one attached hydrogen (secondary N) is 1. The molecule has 0 saturated heterocycles. The first kappa shape index (κ1) is 15.4. The molecule has 0 bridgehead atoms. The second-order valence-corrected chi connectivity index (χ2v) is 6.46. The average molecular weight is 250 g/mol. The van der Waals surface area contributed by atoms with Gasteiger partial charge in [0.25, 0.3) is 0 Å². The number of carbonyl (C=O) groups excluding carboxylic acids is 1. The van der Waals surface area contributed by atoms with E-state index in [2.05, 4.69) is 4.72 Å². The summed E-state index contributed by atoms with van der Waals surface area (Å²) >= 11 is 0. The van der Waals surface area contributed by atoms with Gasteiger partial charge in [0.2, 0.25) is 15.9 Å². The Morgan fingerprint density at radius 1 is 1.38 bits per heavy atom. The zero-order valence-corrected chi connectivity index (χ0v) is 11.5. The maximum Gasteiger partial charge on any atom is 0.228 e. The molecular formula is C10H22N2O3S. The van der Waals surface area contributed by atoms with Crippen molar-refractivity contribution in [3.05, 3.63) is 0 Å². The highest BCUT2D eigenvalue weighted by Gasteiger charge is 2.28. The highest BCUT2D eigenvalue weighted by atomic mass is 32.2. The van der Waals surface area contributed by atoms with Gasteiger partial charge in [0.15, 0.2) is 0 Å². The van der Waals surface area contributed by atoms with Crippen LogP contribution < -0.4 is 4.72 Å². The van der Waals surface area contributed by atoms with E-state index >= 15 is 0 Å². The third-order valence-corrected chi connectivity index (χ3v) is 3.35. The van der Waals surface area contributed by atoms with Crippen LogP contribution in [0.15, 0.2) is 0 Å². The van der Waals surface area contributed by atoms with Crippen LogP contribution in [0.25, 0.3) is 0 Å². The Balaban J connectivity index is 4.18. The van der Waals surface area contributed by atoms with Gasteiger partial charge in [0.05, 0.1) is 6.26 Å². The average Bonchev–Trinajstić information content (AvgIpc) is 2.14. The van der Waals surface area contributed by atoms with Gasteiger partial charge in [-0.3, -0.25) is 4.79 Å². The van der Waals surface area contributed by atoms with Crippen LogP contribution in [0.4, 0.5) is 0 Å².